The minimum absolute atomic E-state index is 0.0568. The van der Waals surface area contributed by atoms with Gasteiger partial charge in [-0.1, -0.05) is 78.9 Å². The van der Waals surface area contributed by atoms with Crippen LogP contribution in [-0.2, 0) is 16.1 Å². The summed E-state index contributed by atoms with van der Waals surface area (Å²) in [6.45, 7) is 2.37. The summed E-state index contributed by atoms with van der Waals surface area (Å²) in [5.74, 6) is -0.514. The smallest absolute Gasteiger partial charge is 0.235 e. The van der Waals surface area contributed by atoms with Crippen LogP contribution in [0, 0.1) is 11.2 Å². The van der Waals surface area contributed by atoms with Crippen molar-refractivity contribution in [3.63, 3.8) is 0 Å². The molecule has 3 unspecified atom stereocenters. The van der Waals surface area contributed by atoms with Crippen molar-refractivity contribution in [1.82, 2.24) is 14.9 Å². The third-order valence-corrected chi connectivity index (χ3v) is 8.47. The number of halogens is 1. The quantitative estimate of drug-likeness (QED) is 0.269. The number of aromatic nitrogens is 2. The van der Waals surface area contributed by atoms with Crippen molar-refractivity contribution in [1.29, 1.82) is 0 Å². The van der Waals surface area contributed by atoms with Gasteiger partial charge in [-0.3, -0.25) is 14.9 Å². The van der Waals surface area contributed by atoms with Gasteiger partial charge in [0.15, 0.2) is 0 Å². The summed E-state index contributed by atoms with van der Waals surface area (Å²) in [4.78, 5) is 37.2. The number of nitrogens with one attached hydrogen (secondary N) is 2. The second kappa shape index (κ2) is 9.16. The summed E-state index contributed by atoms with van der Waals surface area (Å²) in [6.07, 6.45) is 2.06. The molecule has 0 spiro atoms. The lowest BCUT2D eigenvalue weighted by molar-refractivity contribution is -0.154. The molecule has 8 rings (SSSR count). The highest BCUT2D eigenvalue weighted by Crippen LogP contribution is 2.57. The van der Waals surface area contributed by atoms with Crippen molar-refractivity contribution in [3.05, 3.63) is 120 Å². The molecule has 2 amide bonds. The predicted molar refractivity (Wildman–Crippen MR) is 152 cm³/mol. The van der Waals surface area contributed by atoms with Crippen LogP contribution in [0.1, 0.15) is 42.0 Å². The maximum atomic E-state index is 14.4. The van der Waals surface area contributed by atoms with Gasteiger partial charge in [-0.25, -0.2) is 9.37 Å². The number of nitrogens with zero attached hydrogens (tertiary/aromatic N) is 2. The third-order valence-electron chi connectivity index (χ3n) is 8.47. The van der Waals surface area contributed by atoms with Gasteiger partial charge in [0.1, 0.15) is 5.82 Å². The second-order valence-electron chi connectivity index (χ2n) is 10.9. The lowest BCUT2D eigenvalue weighted by atomic mass is 9.60. The van der Waals surface area contributed by atoms with Gasteiger partial charge in [0, 0.05) is 17.5 Å². The zero-order chi connectivity index (χ0) is 27.4. The molecule has 3 atom stereocenters. The van der Waals surface area contributed by atoms with E-state index in [1.165, 1.54) is 6.07 Å². The number of carbonyl (C=O) groups excluding carboxylic acids is 2. The van der Waals surface area contributed by atoms with E-state index in [0.717, 1.165) is 27.6 Å². The Morgan fingerprint density at radius 1 is 0.975 bits per heavy atom. The molecule has 7 heteroatoms. The fourth-order valence-corrected chi connectivity index (χ4v) is 6.56. The predicted octanol–water partition coefficient (Wildman–Crippen LogP) is 6.58. The molecule has 40 heavy (non-hydrogen) atoms. The van der Waals surface area contributed by atoms with Gasteiger partial charge in [0.05, 0.1) is 29.3 Å². The van der Waals surface area contributed by atoms with E-state index in [2.05, 4.69) is 15.3 Å². The van der Waals surface area contributed by atoms with Crippen molar-refractivity contribution >= 4 is 28.5 Å². The first kappa shape index (κ1) is 24.3. The number of hydrogen-bond acceptors (Lipinski definition) is 3. The van der Waals surface area contributed by atoms with Crippen LogP contribution in [0.3, 0.4) is 0 Å². The fourth-order valence-electron chi connectivity index (χ4n) is 6.56. The monoisotopic (exact) mass is 530 g/mol. The van der Waals surface area contributed by atoms with Crippen LogP contribution in [-0.4, -0.2) is 26.7 Å². The lowest BCUT2D eigenvalue weighted by Crippen LogP contribution is -2.58. The highest BCUT2D eigenvalue weighted by Gasteiger charge is 2.58. The first-order valence-corrected chi connectivity index (χ1v) is 13.4. The van der Waals surface area contributed by atoms with Gasteiger partial charge in [-0.05, 0) is 47.6 Å². The molecule has 2 bridgehead atoms. The Kier molecular flexibility index (Phi) is 5.56. The third kappa shape index (κ3) is 3.72. The van der Waals surface area contributed by atoms with E-state index in [0.29, 0.717) is 30.0 Å². The summed E-state index contributed by atoms with van der Waals surface area (Å²) in [5.41, 5.74) is 3.64. The molecule has 3 heterocycles. The van der Waals surface area contributed by atoms with Crippen LogP contribution in [0.4, 0.5) is 10.3 Å². The summed E-state index contributed by atoms with van der Waals surface area (Å²) in [6, 6.07) is 27.8. The number of imidazole rings is 1. The van der Waals surface area contributed by atoms with Crippen LogP contribution in [0.5, 0.6) is 0 Å². The number of carbonyl (C=O) groups is 2. The van der Waals surface area contributed by atoms with E-state index in [-0.39, 0.29) is 17.6 Å². The molecule has 1 aliphatic carbocycles. The molecule has 1 aromatic heterocycles. The number of hydrogen-bond donors (Lipinski definition) is 2. The van der Waals surface area contributed by atoms with Crippen molar-refractivity contribution in [2.24, 2.45) is 5.41 Å². The second-order valence-corrected chi connectivity index (χ2v) is 10.9. The molecule has 4 aromatic carbocycles. The number of fused-ring (bicyclic) bond motifs is 3. The lowest BCUT2D eigenvalue weighted by Gasteiger charge is -2.54. The molecule has 198 valence electrons. The zero-order valence-corrected chi connectivity index (χ0v) is 21.9. The van der Waals surface area contributed by atoms with Gasteiger partial charge in [-0.2, -0.15) is 0 Å². The summed E-state index contributed by atoms with van der Waals surface area (Å²) >= 11 is 0. The van der Waals surface area contributed by atoms with Crippen molar-refractivity contribution in [3.8, 4) is 11.3 Å². The minimum atomic E-state index is -0.878. The Hall–Kier alpha value is -4.78. The number of benzene rings is 4. The van der Waals surface area contributed by atoms with Crippen molar-refractivity contribution in [2.45, 2.75) is 31.8 Å². The number of anilines is 1. The van der Waals surface area contributed by atoms with E-state index >= 15 is 0 Å². The van der Waals surface area contributed by atoms with Gasteiger partial charge in [-0.15, -0.1) is 0 Å². The first-order chi connectivity index (χ1) is 19.4. The maximum absolute atomic E-state index is 14.4. The Labute approximate surface area is 230 Å². The number of amides is 2. The molecule has 2 N–H and O–H groups in total. The van der Waals surface area contributed by atoms with Gasteiger partial charge in [0.25, 0.3) is 0 Å². The molecule has 1 fully saturated rings. The van der Waals surface area contributed by atoms with E-state index in [9.17, 15) is 14.0 Å². The molecule has 3 aliphatic rings. The molecule has 0 radical (unpaired) electrons. The molecule has 0 saturated carbocycles. The van der Waals surface area contributed by atoms with Gasteiger partial charge < -0.3 is 9.88 Å². The van der Waals surface area contributed by atoms with Crippen molar-refractivity contribution in [2.75, 3.05) is 5.32 Å². The number of piperidine rings is 1. The largest absolute Gasteiger partial charge is 0.330 e. The standard InChI is InChI=1S/C33H27FN4O2/c1-33(31(40)37-32-35-18-28(36-32)24-15-16-27(34)23-13-7-5-11-21(23)24)17-26-22-12-6-8-14-25(22)29(33)38(30(26)39)19-20-9-3-2-4-10-20/h2-16,18,26,29H,17,19H2,1H3,(H2,35,36,37,40). The number of aromatic amines is 1. The molecular formula is C33H27FN4O2. The van der Waals surface area contributed by atoms with Crippen LogP contribution in [0.2, 0.25) is 0 Å². The van der Waals surface area contributed by atoms with Gasteiger partial charge in [0.2, 0.25) is 17.8 Å². The molecule has 6 nitrogen and oxygen atoms in total. The molecule has 5 aromatic rings. The van der Waals surface area contributed by atoms with E-state index in [1.54, 1.807) is 24.4 Å². The SMILES string of the molecule is CC1(C(=O)Nc2ncc(-c3ccc(F)c4ccccc34)[nH]2)CC2C(=O)N(Cc3ccccc3)C1c1ccccc12. The highest BCUT2D eigenvalue weighted by atomic mass is 19.1. The van der Waals surface area contributed by atoms with Crippen LogP contribution in [0.25, 0.3) is 22.0 Å². The first-order valence-electron chi connectivity index (χ1n) is 13.4. The van der Waals surface area contributed by atoms with Crippen LogP contribution < -0.4 is 5.32 Å². The zero-order valence-electron chi connectivity index (χ0n) is 21.9. The summed E-state index contributed by atoms with van der Waals surface area (Å²) in [5, 5.41) is 4.28. The normalized spacial score (nSPS) is 21.4. The van der Waals surface area contributed by atoms with Crippen LogP contribution in [0.15, 0.2) is 97.2 Å². The Morgan fingerprint density at radius 3 is 2.48 bits per heavy atom. The van der Waals surface area contributed by atoms with E-state index in [1.807, 2.05) is 78.6 Å². The topological polar surface area (TPSA) is 78.1 Å². The maximum Gasteiger partial charge on any atom is 0.235 e. The summed E-state index contributed by atoms with van der Waals surface area (Å²) in [7, 11) is 0. The van der Waals surface area contributed by atoms with E-state index < -0.39 is 17.4 Å². The van der Waals surface area contributed by atoms with Gasteiger partial charge >= 0.3 is 0 Å². The average Bonchev–Trinajstić information content (AvgIpc) is 3.44. The summed E-state index contributed by atoms with van der Waals surface area (Å²) < 4.78 is 14.4. The van der Waals surface area contributed by atoms with Crippen LogP contribution >= 0.6 is 0 Å². The Bertz CT molecular complexity index is 1780. The fraction of sp³-hybridized carbons (Fsp3) is 0.182. The minimum Gasteiger partial charge on any atom is -0.330 e. The number of H-pyrrole nitrogens is 1. The average molecular weight is 531 g/mol. The molecule has 1 saturated heterocycles. The highest BCUT2D eigenvalue weighted by molar-refractivity contribution is 6.00. The van der Waals surface area contributed by atoms with Crippen molar-refractivity contribution < 1.29 is 14.0 Å². The van der Waals surface area contributed by atoms with E-state index in [4.69, 9.17) is 0 Å². The molecular weight excluding hydrogens is 503 g/mol. The number of rotatable bonds is 5. The Balaban J connectivity index is 1.22. The Morgan fingerprint density at radius 2 is 1.68 bits per heavy atom. The molecule has 2 aliphatic heterocycles.